The molecule has 418 valence electrons. The van der Waals surface area contributed by atoms with E-state index >= 15 is 0 Å². The molecule has 1 saturated heterocycles. The SMILES string of the molecule is CCCCCCCCCCCCCCCCCCCCC/C=C/C(=O)SCCNC(=O)CCNC(=O)[C@H](O)C(C)(C)COP(=O)([O-])OP(=O)([O-])OC[C@H]1O[C@@H](n2cnc3c(N)ncnc32)[C@H](O)[C@@H]1OP(=O)([O-])[O-]. The molecule has 0 radical (unpaired) electrons. The topological polar surface area (TPSA) is 375 Å². The number of aromatic nitrogens is 4. The van der Waals surface area contributed by atoms with Crippen molar-refractivity contribution in [2.45, 2.75) is 186 Å². The molecule has 1 aliphatic rings. The number of unbranched alkanes of at least 4 members (excludes halogenated alkanes) is 19. The maximum atomic E-state index is 12.7. The van der Waals surface area contributed by atoms with Crippen molar-refractivity contribution >= 4 is 69.1 Å². The number of nitrogens with one attached hydrogen (secondary N) is 2. The van der Waals surface area contributed by atoms with Crippen LogP contribution in [0.1, 0.15) is 162 Å². The average molecular weight is 1110 g/mol. The highest BCUT2D eigenvalue weighted by Crippen LogP contribution is 2.56. The summed E-state index contributed by atoms with van der Waals surface area (Å²) in [7, 11) is -17.6. The number of phosphoric ester groups is 3. The van der Waals surface area contributed by atoms with Crippen LogP contribution in [-0.2, 0) is 50.7 Å². The molecule has 1 aliphatic heterocycles. The fourth-order valence-corrected chi connectivity index (χ4v) is 11.2. The Morgan fingerprint density at radius 1 is 0.849 bits per heavy atom. The quantitative estimate of drug-likeness (QED) is 0.0348. The number of carbonyl (C=O) groups excluding carboxylic acids is 3. The minimum absolute atomic E-state index is 0.0188. The van der Waals surface area contributed by atoms with Gasteiger partial charge in [0.15, 0.2) is 17.7 Å². The number of hydrogen-bond donors (Lipinski definition) is 5. The molecule has 24 nitrogen and oxygen atoms in total. The Kier molecular flexibility index (Phi) is 29.6. The summed E-state index contributed by atoms with van der Waals surface area (Å²) in [5.74, 6) is -1.20. The average Bonchev–Trinajstić information content (AvgIpc) is 3.88. The monoisotopic (exact) mass is 1110 g/mol. The number of imidazole rings is 1. The number of aliphatic hydroxyl groups is 2. The molecule has 0 saturated carbocycles. The van der Waals surface area contributed by atoms with Crippen LogP contribution in [0, 0.1) is 5.41 Å². The zero-order valence-corrected chi connectivity index (χ0v) is 45.7. The van der Waals surface area contributed by atoms with Gasteiger partial charge in [0.25, 0.3) is 15.6 Å². The van der Waals surface area contributed by atoms with Crippen molar-refractivity contribution in [3.05, 3.63) is 24.8 Å². The number of thioether (sulfide) groups is 1. The summed E-state index contributed by atoms with van der Waals surface area (Å²) in [6.07, 6.45) is 21.7. The van der Waals surface area contributed by atoms with Crippen LogP contribution in [0.2, 0.25) is 0 Å². The van der Waals surface area contributed by atoms with Crippen LogP contribution >= 0.6 is 35.2 Å². The standard InChI is InChI=1S/C45H80N7O17P3S/c1-4-5-6-7-8-9-10-11-12-13-14-15-16-17-18-19-20-21-22-23-24-25-36(54)73-29-28-47-35(53)26-27-48-43(57)40(56)45(2,3)31-66-72(63,64)69-71(61,62)65-30-34-39(68-70(58,59)60)38(55)44(67-34)52-33-51-37-41(46)49-32-50-42(37)52/h24-25,32-34,38-40,44,55-56H,4-23,26-31H2,1-3H3,(H,47,53)(H,48,57)(H,61,62)(H,63,64)(H2,46,49,50)(H2,58,59,60)/p-4/b25-24+/t34-,38-,39-,40+,44-/m1/s1. The van der Waals surface area contributed by atoms with Gasteiger partial charge in [0.05, 0.1) is 27.4 Å². The Labute approximate surface area is 432 Å². The molecule has 2 aromatic heterocycles. The Morgan fingerprint density at radius 3 is 1.99 bits per heavy atom. The number of aliphatic hydroxyl groups excluding tert-OH is 2. The van der Waals surface area contributed by atoms with Crippen molar-refractivity contribution in [3.8, 4) is 0 Å². The van der Waals surface area contributed by atoms with E-state index < -0.39 is 84.6 Å². The summed E-state index contributed by atoms with van der Waals surface area (Å²) in [6, 6.07) is 0. The molecular weight excluding hydrogens is 1040 g/mol. The smallest absolute Gasteiger partial charge is 0.274 e. The summed E-state index contributed by atoms with van der Waals surface area (Å²) < 4.78 is 60.9. The first-order valence-electron chi connectivity index (χ1n) is 25.2. The molecular formula is C45H76N7O17P3S-4. The first-order chi connectivity index (χ1) is 34.6. The van der Waals surface area contributed by atoms with E-state index in [1.54, 1.807) is 6.08 Å². The molecule has 3 rings (SSSR count). The molecule has 2 aromatic rings. The molecule has 28 heteroatoms. The largest absolute Gasteiger partial charge is 0.790 e. The number of ether oxygens (including phenoxy) is 1. The van der Waals surface area contributed by atoms with Gasteiger partial charge in [-0.05, 0) is 18.9 Å². The maximum Gasteiger partial charge on any atom is 0.274 e. The van der Waals surface area contributed by atoms with Crippen LogP contribution in [0.4, 0.5) is 5.82 Å². The van der Waals surface area contributed by atoms with Crippen molar-refractivity contribution < 1.29 is 80.5 Å². The maximum absolute atomic E-state index is 12.7. The van der Waals surface area contributed by atoms with Gasteiger partial charge < -0.3 is 69.0 Å². The normalized spacial score (nSPS) is 19.5. The van der Waals surface area contributed by atoms with Gasteiger partial charge in [0.1, 0.15) is 36.3 Å². The number of amides is 2. The first-order valence-corrected chi connectivity index (χ1v) is 30.6. The molecule has 73 heavy (non-hydrogen) atoms. The minimum Gasteiger partial charge on any atom is -0.790 e. The molecule has 2 unspecified atom stereocenters. The Morgan fingerprint density at radius 2 is 1.41 bits per heavy atom. The Bertz CT molecular complexity index is 2150. The number of nitrogen functional groups attached to an aromatic ring is 1. The van der Waals surface area contributed by atoms with Gasteiger partial charge in [-0.15, -0.1) is 0 Å². The number of hydrogen-bond acceptors (Lipinski definition) is 22. The van der Waals surface area contributed by atoms with Crippen LogP contribution < -0.4 is 35.9 Å². The van der Waals surface area contributed by atoms with Crippen LogP contribution in [0.3, 0.4) is 0 Å². The Hall–Kier alpha value is -2.70. The van der Waals surface area contributed by atoms with Crippen molar-refractivity contribution in [2.24, 2.45) is 5.41 Å². The third kappa shape index (κ3) is 25.8. The van der Waals surface area contributed by atoms with Crippen LogP contribution in [0.15, 0.2) is 24.8 Å². The summed E-state index contributed by atoms with van der Waals surface area (Å²) in [5.41, 5.74) is 4.09. The van der Waals surface area contributed by atoms with Crippen LogP contribution in [0.25, 0.3) is 11.2 Å². The molecule has 3 heterocycles. The first kappa shape index (κ1) is 64.6. The molecule has 0 bridgehead atoms. The van der Waals surface area contributed by atoms with Gasteiger partial charge in [-0.1, -0.05) is 154 Å². The highest BCUT2D eigenvalue weighted by Gasteiger charge is 2.47. The molecule has 1 fully saturated rings. The summed E-state index contributed by atoms with van der Waals surface area (Å²) in [6.45, 7) is 2.39. The highest BCUT2D eigenvalue weighted by molar-refractivity contribution is 8.14. The lowest BCUT2D eigenvalue weighted by atomic mass is 9.87. The number of anilines is 1. The summed E-state index contributed by atoms with van der Waals surface area (Å²) >= 11 is 1.06. The lowest BCUT2D eigenvalue weighted by Crippen LogP contribution is -2.46. The number of allylic oxidation sites excluding steroid dienone is 1. The second-order valence-corrected chi connectivity index (χ2v) is 23.9. The highest BCUT2D eigenvalue weighted by atomic mass is 32.2. The lowest BCUT2D eigenvalue weighted by Gasteiger charge is -2.36. The van der Waals surface area contributed by atoms with Crippen LogP contribution in [-0.4, -0.2) is 103 Å². The van der Waals surface area contributed by atoms with Gasteiger partial charge in [0.2, 0.25) is 16.9 Å². The van der Waals surface area contributed by atoms with Gasteiger partial charge in [-0.3, -0.25) is 28.1 Å². The molecule has 6 N–H and O–H groups in total. The number of phosphoric acid groups is 3. The predicted octanol–water partition coefficient (Wildman–Crippen LogP) is 4.51. The zero-order chi connectivity index (χ0) is 53.9. The van der Waals surface area contributed by atoms with E-state index in [9.17, 15) is 57.9 Å². The van der Waals surface area contributed by atoms with E-state index in [0.717, 1.165) is 48.2 Å². The van der Waals surface area contributed by atoms with Crippen LogP contribution in [0.5, 0.6) is 0 Å². The van der Waals surface area contributed by atoms with Crippen molar-refractivity contribution in [2.75, 3.05) is 37.8 Å². The molecule has 7 atom stereocenters. The Balaban J connectivity index is 1.24. The predicted molar refractivity (Wildman–Crippen MR) is 265 cm³/mol. The summed E-state index contributed by atoms with van der Waals surface area (Å²) in [5, 5.41) is 26.3. The number of fused-ring (bicyclic) bond motifs is 1. The molecule has 0 aliphatic carbocycles. The van der Waals surface area contributed by atoms with Crippen molar-refractivity contribution in [1.29, 1.82) is 0 Å². The molecule has 0 aromatic carbocycles. The minimum atomic E-state index is -5.92. The number of nitrogens with two attached hydrogens (primary N) is 1. The van der Waals surface area contributed by atoms with E-state index in [1.165, 1.54) is 123 Å². The number of carbonyl (C=O) groups is 3. The lowest BCUT2D eigenvalue weighted by molar-refractivity contribution is -0.347. The van der Waals surface area contributed by atoms with E-state index in [2.05, 4.69) is 50.4 Å². The fraction of sp³-hybridized carbons (Fsp3) is 0.778. The molecule has 0 spiro atoms. The second-order valence-electron chi connectivity index (χ2n) is 18.7. The van der Waals surface area contributed by atoms with E-state index in [4.69, 9.17) is 10.5 Å². The zero-order valence-electron chi connectivity index (χ0n) is 42.2. The van der Waals surface area contributed by atoms with Crippen molar-refractivity contribution in [3.63, 3.8) is 0 Å². The van der Waals surface area contributed by atoms with Crippen molar-refractivity contribution in [1.82, 2.24) is 30.2 Å². The third-order valence-corrected chi connectivity index (χ3v) is 15.8. The van der Waals surface area contributed by atoms with Gasteiger partial charge in [-0.25, -0.2) is 19.3 Å². The summed E-state index contributed by atoms with van der Waals surface area (Å²) in [4.78, 5) is 97.0. The number of rotatable bonds is 40. The fourth-order valence-electron chi connectivity index (χ4n) is 7.83. The van der Waals surface area contributed by atoms with E-state index in [-0.39, 0.29) is 41.6 Å². The number of nitrogens with zero attached hydrogens (tertiary/aromatic N) is 4. The van der Waals surface area contributed by atoms with Gasteiger partial charge in [0, 0.05) is 30.7 Å². The van der Waals surface area contributed by atoms with Gasteiger partial charge in [-0.2, -0.15) is 0 Å². The van der Waals surface area contributed by atoms with E-state index in [0.29, 0.717) is 5.75 Å². The third-order valence-electron chi connectivity index (χ3n) is 11.9. The molecule has 2 amide bonds. The van der Waals surface area contributed by atoms with Gasteiger partial charge >= 0.3 is 0 Å². The second kappa shape index (κ2) is 33.5. The van der Waals surface area contributed by atoms with E-state index in [1.807, 2.05) is 6.08 Å².